The predicted octanol–water partition coefficient (Wildman–Crippen LogP) is 3.22. The number of alkyl carbamates (subject to hydrolysis) is 1. The number of halogens is 1. The summed E-state index contributed by atoms with van der Waals surface area (Å²) < 4.78 is 44.4. The van der Waals surface area contributed by atoms with Crippen LogP contribution in [-0.2, 0) is 19.6 Å². The molecular formula is C21H22ClN3O7S2. The molecule has 3 aliphatic rings. The van der Waals surface area contributed by atoms with E-state index in [-0.39, 0.29) is 42.3 Å². The number of nitrogens with one attached hydrogen (secondary N) is 1. The van der Waals surface area contributed by atoms with Crippen LogP contribution in [0.1, 0.15) is 19.3 Å². The first-order valence-corrected chi connectivity index (χ1v) is 13.3. The molecule has 1 aromatic heterocycles. The van der Waals surface area contributed by atoms with Crippen LogP contribution in [0.3, 0.4) is 0 Å². The van der Waals surface area contributed by atoms with Crippen LogP contribution in [-0.4, -0.2) is 62.7 Å². The average Bonchev–Trinajstić information content (AvgIpc) is 3.44. The number of sulfonamides is 1. The summed E-state index contributed by atoms with van der Waals surface area (Å²) in [7, 11) is -3.60. The molecule has 1 N–H and O–H groups in total. The highest BCUT2D eigenvalue weighted by Crippen LogP contribution is 2.37. The lowest BCUT2D eigenvalue weighted by atomic mass is 9.89. The summed E-state index contributed by atoms with van der Waals surface area (Å²) in [4.78, 5) is 17.8. The van der Waals surface area contributed by atoms with Crippen molar-refractivity contribution in [2.45, 2.75) is 35.2 Å². The number of para-hydroxylation sites is 2. The topological polar surface area (TPSA) is 116 Å². The van der Waals surface area contributed by atoms with Crippen LogP contribution in [0.2, 0.25) is 4.34 Å². The maximum Gasteiger partial charge on any atom is 0.413 e. The third-order valence-electron chi connectivity index (χ3n) is 5.84. The van der Waals surface area contributed by atoms with Crippen molar-refractivity contribution in [1.29, 1.82) is 0 Å². The van der Waals surface area contributed by atoms with E-state index in [1.807, 2.05) is 18.2 Å². The second-order valence-corrected chi connectivity index (χ2v) is 12.0. The second-order valence-electron chi connectivity index (χ2n) is 8.17. The number of oxime groups is 1. The number of nitrogens with zero attached hydrogens (tertiary/aromatic N) is 2. The van der Waals surface area contributed by atoms with Crippen LogP contribution in [0.15, 0.2) is 45.8 Å². The zero-order valence-corrected chi connectivity index (χ0v) is 20.3. The maximum absolute atomic E-state index is 12.8. The molecule has 1 amide bonds. The number of benzene rings is 1. The molecule has 10 nitrogen and oxygen atoms in total. The summed E-state index contributed by atoms with van der Waals surface area (Å²) >= 11 is 6.92. The van der Waals surface area contributed by atoms with Gasteiger partial charge in [-0.3, -0.25) is 0 Å². The summed E-state index contributed by atoms with van der Waals surface area (Å²) in [6.45, 7) is 1.05. The van der Waals surface area contributed by atoms with E-state index in [2.05, 4.69) is 10.5 Å². The van der Waals surface area contributed by atoms with Crippen LogP contribution >= 0.6 is 22.9 Å². The summed E-state index contributed by atoms with van der Waals surface area (Å²) in [6.07, 6.45) is 0.123. The third-order valence-corrected chi connectivity index (χ3v) is 9.44. The van der Waals surface area contributed by atoms with Crippen molar-refractivity contribution in [3.63, 3.8) is 0 Å². The first kappa shape index (κ1) is 23.2. The normalized spacial score (nSPS) is 21.6. The third kappa shape index (κ3) is 4.81. The van der Waals surface area contributed by atoms with Gasteiger partial charge in [0, 0.05) is 25.9 Å². The average molecular weight is 528 g/mol. The van der Waals surface area contributed by atoms with E-state index in [1.165, 1.54) is 10.4 Å². The van der Waals surface area contributed by atoms with Gasteiger partial charge in [-0.05, 0) is 24.3 Å². The molecule has 0 saturated carbocycles. The largest absolute Gasteiger partial charge is 0.486 e. The van der Waals surface area contributed by atoms with E-state index >= 15 is 0 Å². The van der Waals surface area contributed by atoms with Gasteiger partial charge in [-0.2, -0.15) is 4.31 Å². The summed E-state index contributed by atoms with van der Waals surface area (Å²) in [5.74, 6) is 1.45. The molecule has 5 rings (SSSR count). The molecule has 1 fully saturated rings. The molecule has 34 heavy (non-hydrogen) atoms. The number of fused-ring (bicyclic) bond motifs is 1. The van der Waals surface area contributed by atoms with Crippen LogP contribution in [0.4, 0.5) is 4.79 Å². The first-order valence-electron chi connectivity index (χ1n) is 10.7. The Morgan fingerprint density at radius 1 is 1.24 bits per heavy atom. The van der Waals surface area contributed by atoms with Gasteiger partial charge in [0.25, 0.3) is 10.0 Å². The number of thiophene rings is 1. The van der Waals surface area contributed by atoms with Gasteiger partial charge in [0.15, 0.2) is 17.6 Å². The fourth-order valence-corrected chi connectivity index (χ4v) is 7.09. The van der Waals surface area contributed by atoms with E-state index in [0.717, 1.165) is 11.3 Å². The highest BCUT2D eigenvalue weighted by Gasteiger charge is 2.45. The zero-order valence-electron chi connectivity index (χ0n) is 17.9. The molecule has 4 heterocycles. The van der Waals surface area contributed by atoms with Crippen molar-refractivity contribution in [3.05, 3.63) is 40.7 Å². The highest BCUT2D eigenvalue weighted by molar-refractivity contribution is 7.91. The standard InChI is InChI=1S/C21H22ClN3O7S2/c22-17-5-6-19(33-17)34(27,28)25-9-7-21(8-10-25)11-18(24-32-21)31-20(26)23-12-14-13-29-15-3-1-2-4-16(15)30-14/h1-6,14H,7-13H2,(H,23,26). The van der Waals surface area contributed by atoms with Crippen LogP contribution in [0.5, 0.6) is 11.5 Å². The molecule has 1 aromatic carbocycles. The Hall–Kier alpha value is -2.54. The van der Waals surface area contributed by atoms with E-state index in [1.54, 1.807) is 12.1 Å². The van der Waals surface area contributed by atoms with Gasteiger partial charge >= 0.3 is 6.09 Å². The number of amides is 1. The quantitative estimate of drug-likeness (QED) is 0.649. The SMILES string of the molecule is O=C(NCC1COc2ccccc2O1)OC1=NOC2(CCN(S(=O)(=O)c3ccc(Cl)s3)CC2)C1. The Morgan fingerprint density at radius 3 is 2.74 bits per heavy atom. The minimum atomic E-state index is -3.60. The Kier molecular flexibility index (Phi) is 6.32. The van der Waals surface area contributed by atoms with Crippen molar-refractivity contribution < 1.29 is 32.3 Å². The second kappa shape index (κ2) is 9.25. The smallest absolute Gasteiger partial charge is 0.413 e. The van der Waals surface area contributed by atoms with E-state index < -0.39 is 21.7 Å². The van der Waals surface area contributed by atoms with Crippen molar-refractivity contribution in [1.82, 2.24) is 9.62 Å². The summed E-state index contributed by atoms with van der Waals surface area (Å²) in [5, 5.41) is 6.57. The number of carbonyl (C=O) groups excluding carboxylic acids is 1. The zero-order chi connectivity index (χ0) is 23.8. The molecular weight excluding hydrogens is 506 g/mol. The fourth-order valence-electron chi connectivity index (χ4n) is 4.01. The molecule has 3 aliphatic heterocycles. The Bertz CT molecular complexity index is 1210. The van der Waals surface area contributed by atoms with E-state index in [0.29, 0.717) is 35.3 Å². The van der Waals surface area contributed by atoms with E-state index in [9.17, 15) is 13.2 Å². The molecule has 13 heteroatoms. The molecule has 0 aliphatic carbocycles. The number of piperidine rings is 1. The van der Waals surface area contributed by atoms with Gasteiger partial charge in [0.2, 0.25) is 5.90 Å². The predicted molar refractivity (Wildman–Crippen MR) is 124 cm³/mol. The van der Waals surface area contributed by atoms with Gasteiger partial charge in [0.05, 0.1) is 17.3 Å². The number of hydrogen-bond acceptors (Lipinski definition) is 9. The maximum atomic E-state index is 12.8. The lowest BCUT2D eigenvalue weighted by molar-refractivity contribution is -0.0506. The van der Waals surface area contributed by atoms with Crippen LogP contribution in [0, 0.1) is 0 Å². The summed E-state index contributed by atoms with van der Waals surface area (Å²) in [5.41, 5.74) is -0.682. The van der Waals surface area contributed by atoms with Gasteiger partial charge in [0.1, 0.15) is 16.4 Å². The minimum absolute atomic E-state index is 0.157. The monoisotopic (exact) mass is 527 g/mol. The Balaban J connectivity index is 1.08. The molecule has 1 unspecified atom stereocenters. The molecule has 182 valence electrons. The molecule has 1 saturated heterocycles. The van der Waals surface area contributed by atoms with E-state index in [4.69, 9.17) is 30.6 Å². The molecule has 1 spiro atoms. The van der Waals surface area contributed by atoms with Crippen LogP contribution < -0.4 is 14.8 Å². The first-order chi connectivity index (χ1) is 16.3. The Labute approximate surface area is 205 Å². The van der Waals surface area contributed by atoms with Gasteiger partial charge in [-0.15, -0.1) is 11.3 Å². The number of hydrogen-bond donors (Lipinski definition) is 1. The van der Waals surface area contributed by atoms with Crippen LogP contribution in [0.25, 0.3) is 0 Å². The van der Waals surface area contributed by atoms with Crippen molar-refractivity contribution in [2.75, 3.05) is 26.2 Å². The fraction of sp³-hybridized carbons (Fsp3) is 0.429. The lowest BCUT2D eigenvalue weighted by Crippen LogP contribution is -2.46. The van der Waals surface area contributed by atoms with Gasteiger partial charge < -0.3 is 24.4 Å². The molecule has 2 aromatic rings. The number of carbonyl (C=O) groups is 1. The molecule has 0 bridgehead atoms. The highest BCUT2D eigenvalue weighted by atomic mass is 35.5. The van der Waals surface area contributed by atoms with Crippen molar-refractivity contribution >= 4 is 45.0 Å². The van der Waals surface area contributed by atoms with Gasteiger partial charge in [-0.1, -0.05) is 28.9 Å². The van der Waals surface area contributed by atoms with Crippen molar-refractivity contribution in [3.8, 4) is 11.5 Å². The minimum Gasteiger partial charge on any atom is -0.486 e. The summed E-state index contributed by atoms with van der Waals surface area (Å²) in [6, 6.07) is 10.4. The molecule has 1 atom stereocenters. The number of rotatable bonds is 4. The number of ether oxygens (including phenoxy) is 3. The molecule has 0 radical (unpaired) electrons. The van der Waals surface area contributed by atoms with Crippen molar-refractivity contribution in [2.24, 2.45) is 5.16 Å². The Morgan fingerprint density at radius 2 is 2.00 bits per heavy atom. The lowest BCUT2D eigenvalue weighted by Gasteiger charge is -2.35. The van der Waals surface area contributed by atoms with Gasteiger partial charge in [-0.25, -0.2) is 13.2 Å².